The number of likely N-dealkylation sites (tertiary alicyclic amines) is 2. The second kappa shape index (κ2) is 9.44. The lowest BCUT2D eigenvalue weighted by Gasteiger charge is -2.37. The monoisotopic (exact) mass is 471 g/mol. The van der Waals surface area contributed by atoms with E-state index >= 15 is 0 Å². The summed E-state index contributed by atoms with van der Waals surface area (Å²) >= 11 is 0. The number of nitrogens with zero attached hydrogens (tertiary/aromatic N) is 5. The first-order valence-electron chi connectivity index (χ1n) is 12.1. The van der Waals surface area contributed by atoms with Crippen LogP contribution in [0.25, 0.3) is 0 Å². The number of amides is 3. The highest BCUT2D eigenvalue weighted by Crippen LogP contribution is 2.42. The molecule has 0 aliphatic carbocycles. The van der Waals surface area contributed by atoms with Crippen molar-refractivity contribution in [1.29, 1.82) is 0 Å². The van der Waals surface area contributed by atoms with Gasteiger partial charge < -0.3 is 9.47 Å². The molecule has 5 rings (SSSR count). The van der Waals surface area contributed by atoms with Crippen molar-refractivity contribution in [2.24, 2.45) is 7.05 Å². The van der Waals surface area contributed by atoms with Gasteiger partial charge in [0, 0.05) is 51.2 Å². The predicted octanol–water partition coefficient (Wildman–Crippen LogP) is 3.16. The zero-order chi connectivity index (χ0) is 24.4. The smallest absolute Gasteiger partial charge is 0.241 e. The molecule has 2 saturated heterocycles. The largest absolute Gasteiger partial charge is 0.336 e. The van der Waals surface area contributed by atoms with Crippen molar-refractivity contribution in [3.8, 4) is 0 Å². The molecule has 1 aromatic carbocycles. The number of carbonyl (C=O) groups is 3. The summed E-state index contributed by atoms with van der Waals surface area (Å²) in [4.78, 5) is 52.6. The number of rotatable bonds is 6. The van der Waals surface area contributed by atoms with Gasteiger partial charge in [-0.3, -0.25) is 24.3 Å². The second-order valence-electron chi connectivity index (χ2n) is 9.44. The van der Waals surface area contributed by atoms with Gasteiger partial charge >= 0.3 is 0 Å². The van der Waals surface area contributed by atoms with Gasteiger partial charge in [-0.2, -0.15) is 0 Å². The van der Waals surface area contributed by atoms with Crippen LogP contribution < -0.4 is 0 Å². The third-order valence-electron chi connectivity index (χ3n) is 7.26. The third-order valence-corrected chi connectivity index (χ3v) is 7.26. The maximum atomic E-state index is 13.9. The van der Waals surface area contributed by atoms with Crippen LogP contribution in [0.15, 0.2) is 67.3 Å². The van der Waals surface area contributed by atoms with Gasteiger partial charge in [-0.15, -0.1) is 0 Å². The molecule has 2 aliphatic heterocycles. The number of carbonyl (C=O) groups excluding carboxylic acids is 3. The maximum Gasteiger partial charge on any atom is 0.241 e. The van der Waals surface area contributed by atoms with Gasteiger partial charge in [0.25, 0.3) is 0 Å². The average molecular weight is 472 g/mol. The second-order valence-corrected chi connectivity index (χ2v) is 9.44. The molecule has 180 valence electrons. The lowest BCUT2D eigenvalue weighted by Crippen LogP contribution is -2.46. The predicted molar refractivity (Wildman–Crippen MR) is 129 cm³/mol. The van der Waals surface area contributed by atoms with E-state index in [0.29, 0.717) is 12.1 Å². The molecule has 0 bridgehead atoms. The lowest BCUT2D eigenvalue weighted by atomic mass is 9.75. The number of hydrogen-bond donors (Lipinski definition) is 0. The number of benzene rings is 1. The van der Waals surface area contributed by atoms with Crippen LogP contribution in [0.3, 0.4) is 0 Å². The van der Waals surface area contributed by atoms with Gasteiger partial charge in [0.05, 0.1) is 18.0 Å². The number of aryl methyl sites for hydroxylation is 1. The first-order valence-corrected chi connectivity index (χ1v) is 12.1. The number of imide groups is 1. The number of imidazole rings is 1. The van der Waals surface area contributed by atoms with Crippen LogP contribution in [0.4, 0.5) is 0 Å². The summed E-state index contributed by atoms with van der Waals surface area (Å²) in [6.07, 6.45) is 9.60. The molecule has 3 amide bonds. The summed E-state index contributed by atoms with van der Waals surface area (Å²) < 4.78 is 1.95. The molecule has 2 aromatic heterocycles. The van der Waals surface area contributed by atoms with E-state index in [9.17, 15) is 14.4 Å². The van der Waals surface area contributed by atoms with Crippen LogP contribution in [0.1, 0.15) is 55.1 Å². The first-order chi connectivity index (χ1) is 17.0. The van der Waals surface area contributed by atoms with Crippen molar-refractivity contribution in [2.75, 3.05) is 6.54 Å². The van der Waals surface area contributed by atoms with E-state index in [4.69, 9.17) is 0 Å². The minimum atomic E-state index is -1.22. The first kappa shape index (κ1) is 23.0. The Hall–Kier alpha value is -3.81. The highest BCUT2D eigenvalue weighted by atomic mass is 16.2. The van der Waals surface area contributed by atoms with Gasteiger partial charge in [-0.05, 0) is 42.5 Å². The molecular formula is C27H29N5O3. The number of hydrogen-bond acceptors (Lipinski definition) is 5. The summed E-state index contributed by atoms with van der Waals surface area (Å²) in [5.41, 5.74) is 0.309. The van der Waals surface area contributed by atoms with E-state index in [1.54, 1.807) is 30.7 Å². The Bertz CT molecular complexity index is 1230. The van der Waals surface area contributed by atoms with Crippen LogP contribution in [-0.4, -0.2) is 48.6 Å². The van der Waals surface area contributed by atoms with Gasteiger partial charge in [0.15, 0.2) is 0 Å². The lowest BCUT2D eigenvalue weighted by molar-refractivity contribution is -0.144. The fourth-order valence-electron chi connectivity index (χ4n) is 5.41. The summed E-state index contributed by atoms with van der Waals surface area (Å²) in [6.45, 7) is 0.784. The molecule has 0 saturated carbocycles. The molecule has 4 heterocycles. The van der Waals surface area contributed by atoms with Crippen molar-refractivity contribution in [3.05, 3.63) is 84.2 Å². The van der Waals surface area contributed by atoms with Crippen molar-refractivity contribution in [1.82, 2.24) is 24.3 Å². The van der Waals surface area contributed by atoms with E-state index in [0.717, 1.165) is 30.7 Å². The standard InChI is InChI=1S/C27H29N5O3/c1-30-16-14-29-25(30)22-9-5-6-15-31(22)23(33)17-27(21-7-3-2-4-8-21)18-24(34)32(26(27)35)19-20-10-12-28-13-11-20/h2-4,7-8,10-14,16,22H,5-6,9,15,17-19H2,1H3. The molecule has 0 spiro atoms. The van der Waals surface area contributed by atoms with Crippen molar-refractivity contribution >= 4 is 17.7 Å². The highest BCUT2D eigenvalue weighted by Gasteiger charge is 2.54. The van der Waals surface area contributed by atoms with Crippen LogP contribution in [0, 0.1) is 0 Å². The number of aromatic nitrogens is 3. The van der Waals surface area contributed by atoms with E-state index in [1.807, 2.05) is 53.0 Å². The van der Waals surface area contributed by atoms with Gasteiger partial charge in [0.1, 0.15) is 5.82 Å². The van der Waals surface area contributed by atoms with Crippen molar-refractivity contribution < 1.29 is 14.4 Å². The molecule has 35 heavy (non-hydrogen) atoms. The van der Waals surface area contributed by atoms with Crippen LogP contribution in [0.2, 0.25) is 0 Å². The van der Waals surface area contributed by atoms with E-state index in [1.165, 1.54) is 4.90 Å². The van der Waals surface area contributed by atoms with Crippen molar-refractivity contribution in [2.45, 2.75) is 50.1 Å². The molecule has 8 nitrogen and oxygen atoms in total. The molecule has 2 atom stereocenters. The third kappa shape index (κ3) is 4.24. The summed E-state index contributed by atoms with van der Waals surface area (Å²) in [5, 5.41) is 0. The van der Waals surface area contributed by atoms with E-state index in [-0.39, 0.29) is 43.1 Å². The molecule has 2 fully saturated rings. The van der Waals surface area contributed by atoms with Crippen molar-refractivity contribution in [3.63, 3.8) is 0 Å². The quantitative estimate of drug-likeness (QED) is 0.516. The minimum Gasteiger partial charge on any atom is -0.336 e. The zero-order valence-electron chi connectivity index (χ0n) is 19.8. The fraction of sp³-hybridized carbons (Fsp3) is 0.370. The Balaban J connectivity index is 1.47. The van der Waals surface area contributed by atoms with Gasteiger partial charge in [-0.1, -0.05) is 30.3 Å². The van der Waals surface area contributed by atoms with Crippen LogP contribution in [0.5, 0.6) is 0 Å². The average Bonchev–Trinajstić information content (AvgIpc) is 3.42. The number of pyridine rings is 1. The Morgan fingerprint density at radius 1 is 1.06 bits per heavy atom. The molecule has 0 radical (unpaired) electrons. The van der Waals surface area contributed by atoms with E-state index < -0.39 is 5.41 Å². The molecule has 3 aromatic rings. The Morgan fingerprint density at radius 3 is 2.54 bits per heavy atom. The van der Waals surface area contributed by atoms with Gasteiger partial charge in [0.2, 0.25) is 17.7 Å². The maximum absolute atomic E-state index is 13.9. The molecule has 0 N–H and O–H groups in total. The van der Waals surface area contributed by atoms with Gasteiger partial charge in [-0.25, -0.2) is 4.98 Å². The van der Waals surface area contributed by atoms with Crippen LogP contribution >= 0.6 is 0 Å². The fourth-order valence-corrected chi connectivity index (χ4v) is 5.41. The molecular weight excluding hydrogens is 442 g/mol. The number of piperidine rings is 1. The van der Waals surface area contributed by atoms with Crippen LogP contribution in [-0.2, 0) is 33.4 Å². The Morgan fingerprint density at radius 2 is 1.83 bits per heavy atom. The highest BCUT2D eigenvalue weighted by molar-refractivity contribution is 6.10. The summed E-state index contributed by atoms with van der Waals surface area (Å²) in [7, 11) is 1.93. The Kier molecular flexibility index (Phi) is 6.19. The summed E-state index contributed by atoms with van der Waals surface area (Å²) in [5.74, 6) is 0.153. The minimum absolute atomic E-state index is 0.0203. The van der Waals surface area contributed by atoms with E-state index in [2.05, 4.69) is 9.97 Å². The molecule has 2 unspecified atom stereocenters. The summed E-state index contributed by atoms with van der Waals surface area (Å²) in [6, 6.07) is 12.7. The SMILES string of the molecule is Cn1ccnc1C1CCCCN1C(=O)CC1(c2ccccc2)CC(=O)N(Cc2ccncc2)C1=O. The zero-order valence-corrected chi connectivity index (χ0v) is 19.8. The molecule has 8 heteroatoms. The molecule has 2 aliphatic rings. The topological polar surface area (TPSA) is 88.4 Å². The Labute approximate surface area is 204 Å². The normalized spacial score (nSPS) is 22.6.